The fraction of sp³-hybridized carbons (Fsp3) is 0.364. The van der Waals surface area contributed by atoms with Crippen LogP contribution in [0.1, 0.15) is 11.3 Å². The summed E-state index contributed by atoms with van der Waals surface area (Å²) < 4.78 is 4.91. The molecule has 0 unspecified atom stereocenters. The molecule has 0 radical (unpaired) electrons. The number of nitrogens with zero attached hydrogens (tertiary/aromatic N) is 1. The minimum atomic E-state index is -0.287. The van der Waals surface area contributed by atoms with E-state index in [1.807, 2.05) is 0 Å². The minimum absolute atomic E-state index is 0.287. The third-order valence-electron chi connectivity index (χ3n) is 2.24. The second-order valence-electron chi connectivity index (χ2n) is 3.40. The topological polar surface area (TPSA) is 107 Å². The summed E-state index contributed by atoms with van der Waals surface area (Å²) in [7, 11) is 1.58. The quantitative estimate of drug-likeness (QED) is 0.300. The highest BCUT2D eigenvalue weighted by molar-refractivity contribution is 5.88. The van der Waals surface area contributed by atoms with Crippen LogP contribution in [0, 0.1) is 5.41 Å². The fourth-order valence-electron chi connectivity index (χ4n) is 1.46. The minimum Gasteiger partial charge on any atom is -0.390 e. The van der Waals surface area contributed by atoms with Gasteiger partial charge in [-0.05, 0) is 6.07 Å². The largest absolute Gasteiger partial charge is 0.390 e. The number of aliphatic hydroxyl groups excluding tert-OH is 1. The van der Waals surface area contributed by atoms with E-state index in [1.165, 1.54) is 0 Å². The van der Waals surface area contributed by atoms with Gasteiger partial charge in [0.25, 0.3) is 0 Å². The van der Waals surface area contributed by atoms with Gasteiger partial charge in [0, 0.05) is 25.4 Å². The van der Waals surface area contributed by atoms with E-state index in [-0.39, 0.29) is 6.61 Å². The van der Waals surface area contributed by atoms with E-state index in [0.29, 0.717) is 42.3 Å². The van der Waals surface area contributed by atoms with Crippen molar-refractivity contribution in [3.63, 3.8) is 0 Å². The molecule has 0 saturated heterocycles. The lowest BCUT2D eigenvalue weighted by Gasteiger charge is -2.14. The van der Waals surface area contributed by atoms with Crippen LogP contribution in [-0.2, 0) is 16.1 Å². The van der Waals surface area contributed by atoms with Gasteiger partial charge in [-0.2, -0.15) is 0 Å². The maximum Gasteiger partial charge on any atom is 0.212 e. The molecule has 0 spiro atoms. The molecule has 18 heavy (non-hydrogen) atoms. The van der Waals surface area contributed by atoms with Gasteiger partial charge < -0.3 is 25.9 Å². The predicted octanol–water partition coefficient (Wildman–Crippen LogP) is 0.198. The lowest BCUT2D eigenvalue weighted by atomic mass is 10.1. The molecule has 0 atom stereocenters. The molecule has 0 bridgehead atoms. The molecule has 0 aliphatic carbocycles. The number of pyridine rings is 1. The Morgan fingerprint density at radius 1 is 1.61 bits per heavy atom. The third kappa shape index (κ3) is 3.51. The molecular weight excluding hydrogens is 236 g/mol. The van der Waals surface area contributed by atoms with E-state index < -0.39 is 0 Å². The van der Waals surface area contributed by atoms with Crippen LogP contribution in [0.5, 0.6) is 0 Å². The van der Waals surface area contributed by atoms with E-state index >= 15 is 0 Å². The smallest absolute Gasteiger partial charge is 0.212 e. The van der Waals surface area contributed by atoms with Gasteiger partial charge in [-0.15, -0.1) is 0 Å². The molecule has 1 amide bonds. The van der Waals surface area contributed by atoms with Gasteiger partial charge in [-0.3, -0.25) is 4.79 Å². The first kappa shape index (κ1) is 14.1. The van der Waals surface area contributed by atoms with E-state index in [4.69, 9.17) is 10.1 Å². The normalized spacial score (nSPS) is 9.89. The molecule has 98 valence electrons. The van der Waals surface area contributed by atoms with Gasteiger partial charge in [-0.1, -0.05) is 0 Å². The number of aromatic nitrogens is 1. The monoisotopic (exact) mass is 252 g/mol. The number of rotatable bonds is 8. The van der Waals surface area contributed by atoms with Crippen LogP contribution in [0.4, 0.5) is 11.5 Å². The number of carbonyl (C=O) groups excluding carboxylic acids is 1. The lowest BCUT2D eigenvalue weighted by Crippen LogP contribution is -2.13. The highest BCUT2D eigenvalue weighted by Gasteiger charge is 2.10. The van der Waals surface area contributed by atoms with E-state index in [9.17, 15) is 9.90 Å². The van der Waals surface area contributed by atoms with E-state index in [1.54, 1.807) is 13.2 Å². The zero-order valence-corrected chi connectivity index (χ0v) is 10.1. The average Bonchev–Trinajstić information content (AvgIpc) is 2.40. The number of methoxy groups -OCH3 is 1. The maximum atomic E-state index is 10.4. The van der Waals surface area contributed by atoms with Crippen molar-refractivity contribution in [1.82, 2.24) is 4.98 Å². The highest BCUT2D eigenvalue weighted by Crippen LogP contribution is 2.21. The number of ether oxygens (including phenoxy) is 1. The van der Waals surface area contributed by atoms with Gasteiger partial charge in [0.05, 0.1) is 24.6 Å². The molecule has 0 aliphatic heterocycles. The predicted molar refractivity (Wildman–Crippen MR) is 68.1 cm³/mol. The number of amides is 1. The van der Waals surface area contributed by atoms with Crippen molar-refractivity contribution in [3.05, 3.63) is 17.3 Å². The number of hydrogen-bond acceptors (Lipinski definition) is 6. The molecule has 1 heterocycles. The van der Waals surface area contributed by atoms with Crippen LogP contribution in [0.2, 0.25) is 0 Å². The number of nitrogens with one attached hydrogen (secondary N) is 3. The van der Waals surface area contributed by atoms with Gasteiger partial charge in [-0.25, -0.2) is 4.98 Å². The van der Waals surface area contributed by atoms with Gasteiger partial charge >= 0.3 is 0 Å². The Kier molecular flexibility index (Phi) is 5.75. The zero-order valence-electron chi connectivity index (χ0n) is 10.1. The zero-order chi connectivity index (χ0) is 13.4. The first-order valence-corrected chi connectivity index (χ1v) is 5.35. The van der Waals surface area contributed by atoms with Crippen LogP contribution in [0.25, 0.3) is 0 Å². The summed E-state index contributed by atoms with van der Waals surface area (Å²) >= 11 is 0. The molecule has 1 rings (SSSR count). The van der Waals surface area contributed by atoms with Crippen molar-refractivity contribution < 1.29 is 14.6 Å². The summed E-state index contributed by atoms with van der Waals surface area (Å²) in [5, 5.41) is 22.0. The molecule has 0 aliphatic rings. The van der Waals surface area contributed by atoms with Gasteiger partial charge in [0.15, 0.2) is 0 Å². The Balaban J connectivity index is 3.04. The highest BCUT2D eigenvalue weighted by atomic mass is 16.5. The SMILES string of the molecule is COCCNc1c(C=N)cc(NC=O)nc1CO. The number of aliphatic hydroxyl groups is 1. The molecule has 7 nitrogen and oxygen atoms in total. The average molecular weight is 252 g/mol. The summed E-state index contributed by atoms with van der Waals surface area (Å²) in [4.78, 5) is 14.4. The van der Waals surface area contributed by atoms with E-state index in [0.717, 1.165) is 6.21 Å². The van der Waals surface area contributed by atoms with Gasteiger partial charge in [0.2, 0.25) is 6.41 Å². The molecule has 7 heteroatoms. The molecule has 1 aromatic rings. The van der Waals surface area contributed by atoms with Crippen molar-refractivity contribution in [2.75, 3.05) is 30.9 Å². The Morgan fingerprint density at radius 3 is 2.94 bits per heavy atom. The lowest BCUT2D eigenvalue weighted by molar-refractivity contribution is -0.105. The Labute approximate surface area is 105 Å². The van der Waals surface area contributed by atoms with Crippen LogP contribution in [0.3, 0.4) is 0 Å². The van der Waals surface area contributed by atoms with Crippen LogP contribution in [-0.4, -0.2) is 43.0 Å². The first-order chi connectivity index (χ1) is 8.76. The summed E-state index contributed by atoms with van der Waals surface area (Å²) in [6.07, 6.45) is 1.63. The summed E-state index contributed by atoms with van der Waals surface area (Å²) in [6.45, 7) is 0.744. The molecule has 0 aromatic carbocycles. The van der Waals surface area contributed by atoms with Crippen molar-refractivity contribution in [1.29, 1.82) is 5.41 Å². The van der Waals surface area contributed by atoms with Gasteiger partial charge in [0.1, 0.15) is 5.82 Å². The van der Waals surface area contributed by atoms with Crippen LogP contribution >= 0.6 is 0 Å². The standard InChI is InChI=1S/C11H16N4O3/c1-18-3-2-13-11-8(5-12)4-10(14-7-17)15-9(11)6-16/h4-5,7,12-13,16H,2-3,6H2,1H3,(H,14,15,17). The van der Waals surface area contributed by atoms with E-state index in [2.05, 4.69) is 15.6 Å². The van der Waals surface area contributed by atoms with Crippen LogP contribution < -0.4 is 10.6 Å². The maximum absolute atomic E-state index is 10.4. The molecular formula is C11H16N4O3. The van der Waals surface area contributed by atoms with Crippen molar-refractivity contribution in [2.24, 2.45) is 0 Å². The second kappa shape index (κ2) is 7.36. The summed E-state index contributed by atoms with van der Waals surface area (Å²) in [5.74, 6) is 0.296. The summed E-state index contributed by atoms with van der Waals surface area (Å²) in [6, 6.07) is 1.55. The summed E-state index contributed by atoms with van der Waals surface area (Å²) in [5.41, 5.74) is 1.48. The molecule has 0 fully saturated rings. The van der Waals surface area contributed by atoms with Crippen LogP contribution in [0.15, 0.2) is 6.07 Å². The fourth-order valence-corrected chi connectivity index (χ4v) is 1.46. The van der Waals surface area contributed by atoms with Crippen molar-refractivity contribution in [3.8, 4) is 0 Å². The number of carbonyl (C=O) groups is 1. The Hall–Kier alpha value is -1.99. The number of hydrogen-bond donors (Lipinski definition) is 4. The first-order valence-electron chi connectivity index (χ1n) is 5.35. The third-order valence-corrected chi connectivity index (χ3v) is 2.24. The molecule has 4 N–H and O–H groups in total. The molecule has 0 saturated carbocycles. The Bertz CT molecular complexity index is 423. The molecule has 1 aromatic heterocycles. The van der Waals surface area contributed by atoms with Crippen molar-refractivity contribution >= 4 is 24.1 Å². The van der Waals surface area contributed by atoms with Crippen molar-refractivity contribution in [2.45, 2.75) is 6.61 Å². The Morgan fingerprint density at radius 2 is 2.39 bits per heavy atom. The second-order valence-corrected chi connectivity index (χ2v) is 3.40. The number of anilines is 2.